The van der Waals surface area contributed by atoms with Crippen molar-refractivity contribution in [2.45, 2.75) is 24.8 Å². The van der Waals surface area contributed by atoms with Gasteiger partial charge in [-0.2, -0.15) is 0 Å². The fourth-order valence-corrected chi connectivity index (χ4v) is 3.04. The number of halogens is 1. The summed E-state index contributed by atoms with van der Waals surface area (Å²) < 4.78 is 23.5. The zero-order chi connectivity index (χ0) is 15.6. The zero-order valence-corrected chi connectivity index (χ0v) is 14.2. The molecule has 0 aliphatic carbocycles. The number of anilines is 1. The molecular weight excluding hydrogens is 352 g/mol. The summed E-state index contributed by atoms with van der Waals surface area (Å²) in [6, 6.07) is 12.7. The topological polar surface area (TPSA) is 72.2 Å². The first-order valence-electron chi connectivity index (χ1n) is 6.43. The minimum absolute atomic E-state index is 0.0550. The monoisotopic (exact) mass is 368 g/mol. The van der Waals surface area contributed by atoms with Crippen molar-refractivity contribution >= 4 is 31.6 Å². The van der Waals surface area contributed by atoms with Crippen LogP contribution in [-0.2, 0) is 10.0 Å². The van der Waals surface area contributed by atoms with Crippen LogP contribution >= 0.6 is 15.9 Å². The smallest absolute Gasteiger partial charge is 0.238 e. The summed E-state index contributed by atoms with van der Waals surface area (Å²) in [6.45, 7) is 4.05. The van der Waals surface area contributed by atoms with Crippen LogP contribution in [0.15, 0.2) is 51.8 Å². The summed E-state index contributed by atoms with van der Waals surface area (Å²) in [4.78, 5) is 0.123. The van der Waals surface area contributed by atoms with E-state index in [-0.39, 0.29) is 10.9 Å². The van der Waals surface area contributed by atoms with Gasteiger partial charge in [0, 0.05) is 16.2 Å². The van der Waals surface area contributed by atoms with E-state index in [1.54, 1.807) is 12.1 Å². The van der Waals surface area contributed by atoms with Crippen molar-refractivity contribution in [3.05, 3.63) is 58.1 Å². The van der Waals surface area contributed by atoms with Gasteiger partial charge in [-0.25, -0.2) is 13.6 Å². The average molecular weight is 369 g/mol. The van der Waals surface area contributed by atoms with Crippen LogP contribution in [0.1, 0.15) is 24.1 Å². The van der Waals surface area contributed by atoms with Crippen molar-refractivity contribution in [3.8, 4) is 0 Å². The molecule has 21 heavy (non-hydrogen) atoms. The van der Waals surface area contributed by atoms with Crippen molar-refractivity contribution < 1.29 is 8.42 Å². The number of sulfonamides is 1. The number of hydrogen-bond donors (Lipinski definition) is 2. The van der Waals surface area contributed by atoms with Crippen LogP contribution in [0.3, 0.4) is 0 Å². The van der Waals surface area contributed by atoms with E-state index in [1.165, 1.54) is 12.1 Å². The molecule has 0 bridgehead atoms. The number of nitrogens with two attached hydrogens (primary N) is 1. The Hall–Kier alpha value is -1.37. The van der Waals surface area contributed by atoms with Crippen LogP contribution in [0.25, 0.3) is 0 Å². The quantitative estimate of drug-likeness (QED) is 0.865. The summed E-state index contributed by atoms with van der Waals surface area (Å²) >= 11 is 3.44. The maximum Gasteiger partial charge on any atom is 0.238 e. The lowest BCUT2D eigenvalue weighted by molar-refractivity contribution is 0.597. The lowest BCUT2D eigenvalue weighted by Crippen LogP contribution is -2.13. The normalized spacial score (nSPS) is 13.0. The molecule has 0 aliphatic rings. The zero-order valence-electron chi connectivity index (χ0n) is 11.8. The van der Waals surface area contributed by atoms with Gasteiger partial charge < -0.3 is 5.32 Å². The van der Waals surface area contributed by atoms with Crippen molar-refractivity contribution in [3.63, 3.8) is 0 Å². The van der Waals surface area contributed by atoms with Gasteiger partial charge in [0.1, 0.15) is 0 Å². The number of aryl methyl sites for hydroxylation is 1. The first-order chi connectivity index (χ1) is 9.77. The number of nitrogens with one attached hydrogen (secondary N) is 1. The molecule has 0 spiro atoms. The Morgan fingerprint density at radius 3 is 2.29 bits per heavy atom. The van der Waals surface area contributed by atoms with E-state index < -0.39 is 10.0 Å². The summed E-state index contributed by atoms with van der Waals surface area (Å²) in [5, 5.41) is 8.50. The first kappa shape index (κ1) is 16.0. The summed E-state index contributed by atoms with van der Waals surface area (Å²) in [5.41, 5.74) is 3.17. The average Bonchev–Trinajstić information content (AvgIpc) is 2.41. The fourth-order valence-electron chi connectivity index (χ4n) is 2.05. The highest BCUT2D eigenvalue weighted by Gasteiger charge is 2.10. The Balaban J connectivity index is 2.18. The van der Waals surface area contributed by atoms with Crippen LogP contribution in [-0.4, -0.2) is 8.42 Å². The molecule has 0 heterocycles. The Kier molecular flexibility index (Phi) is 4.70. The molecule has 0 aromatic heterocycles. The molecule has 0 amide bonds. The molecule has 2 aromatic carbocycles. The molecule has 0 saturated heterocycles. The maximum atomic E-state index is 11.2. The van der Waals surface area contributed by atoms with Gasteiger partial charge in [-0.1, -0.05) is 28.1 Å². The van der Waals surface area contributed by atoms with E-state index in [4.69, 9.17) is 5.14 Å². The highest BCUT2D eigenvalue weighted by Crippen LogP contribution is 2.25. The van der Waals surface area contributed by atoms with E-state index in [1.807, 2.05) is 32.0 Å². The molecular formula is C15H17BrN2O2S. The third-order valence-corrected chi connectivity index (χ3v) is 4.69. The standard InChI is InChI=1S/C15H17BrN2O2S/c1-10-9-13(16)5-8-15(10)18-11(2)12-3-6-14(7-4-12)21(17,19)20/h3-9,11,18H,1-2H3,(H2,17,19,20). The van der Waals surface area contributed by atoms with Crippen LogP contribution in [0, 0.1) is 6.92 Å². The number of benzene rings is 2. The molecule has 3 N–H and O–H groups in total. The molecule has 0 radical (unpaired) electrons. The van der Waals surface area contributed by atoms with Crippen LogP contribution < -0.4 is 10.5 Å². The van der Waals surface area contributed by atoms with Gasteiger partial charge in [0.05, 0.1) is 4.90 Å². The summed E-state index contributed by atoms with van der Waals surface area (Å²) in [6.07, 6.45) is 0. The van der Waals surface area contributed by atoms with Gasteiger partial charge in [0.25, 0.3) is 0 Å². The van der Waals surface area contributed by atoms with Gasteiger partial charge in [0.2, 0.25) is 10.0 Å². The number of hydrogen-bond acceptors (Lipinski definition) is 3. The Morgan fingerprint density at radius 1 is 1.14 bits per heavy atom. The summed E-state index contributed by atoms with van der Waals surface area (Å²) in [7, 11) is -3.64. The highest BCUT2D eigenvalue weighted by atomic mass is 79.9. The lowest BCUT2D eigenvalue weighted by atomic mass is 10.1. The molecule has 1 atom stereocenters. The van der Waals surface area contributed by atoms with E-state index in [2.05, 4.69) is 21.2 Å². The predicted molar refractivity (Wildman–Crippen MR) is 88.7 cm³/mol. The van der Waals surface area contributed by atoms with Crippen LogP contribution in [0.4, 0.5) is 5.69 Å². The molecule has 1 unspecified atom stereocenters. The van der Waals surface area contributed by atoms with E-state index in [0.29, 0.717) is 0 Å². The minimum Gasteiger partial charge on any atom is -0.378 e. The van der Waals surface area contributed by atoms with E-state index in [0.717, 1.165) is 21.3 Å². The van der Waals surface area contributed by atoms with E-state index in [9.17, 15) is 8.42 Å². The molecule has 4 nitrogen and oxygen atoms in total. The molecule has 6 heteroatoms. The Bertz CT molecular complexity index is 743. The van der Waals surface area contributed by atoms with Gasteiger partial charge >= 0.3 is 0 Å². The van der Waals surface area contributed by atoms with Crippen molar-refractivity contribution in [1.29, 1.82) is 0 Å². The van der Waals surface area contributed by atoms with E-state index >= 15 is 0 Å². The molecule has 0 aliphatic heterocycles. The van der Waals surface area contributed by atoms with Crippen molar-refractivity contribution in [2.24, 2.45) is 5.14 Å². The number of rotatable bonds is 4. The first-order valence-corrected chi connectivity index (χ1v) is 8.77. The minimum atomic E-state index is -3.64. The molecule has 2 aromatic rings. The second kappa shape index (κ2) is 6.17. The van der Waals surface area contributed by atoms with Gasteiger partial charge in [0.15, 0.2) is 0 Å². The molecule has 0 saturated carbocycles. The van der Waals surface area contributed by atoms with Crippen molar-refractivity contribution in [2.75, 3.05) is 5.32 Å². The maximum absolute atomic E-state index is 11.2. The molecule has 2 rings (SSSR count). The van der Waals surface area contributed by atoms with Gasteiger partial charge in [-0.05, 0) is 55.3 Å². The van der Waals surface area contributed by atoms with Gasteiger partial charge in [-0.3, -0.25) is 0 Å². The Morgan fingerprint density at radius 2 is 1.76 bits per heavy atom. The highest BCUT2D eigenvalue weighted by molar-refractivity contribution is 9.10. The SMILES string of the molecule is Cc1cc(Br)ccc1NC(C)c1ccc(S(N)(=O)=O)cc1. The second-order valence-electron chi connectivity index (χ2n) is 4.94. The summed E-state index contributed by atoms with van der Waals surface area (Å²) in [5.74, 6) is 0. The third kappa shape index (κ3) is 4.06. The molecule has 0 fully saturated rings. The third-order valence-electron chi connectivity index (χ3n) is 3.27. The molecule has 112 valence electrons. The van der Waals surface area contributed by atoms with Gasteiger partial charge in [-0.15, -0.1) is 0 Å². The number of primary sulfonamides is 1. The Labute approximate surface area is 133 Å². The van der Waals surface area contributed by atoms with Crippen molar-refractivity contribution in [1.82, 2.24) is 0 Å². The lowest BCUT2D eigenvalue weighted by Gasteiger charge is -2.18. The van der Waals surface area contributed by atoms with Crippen LogP contribution in [0.5, 0.6) is 0 Å². The van der Waals surface area contributed by atoms with Crippen LogP contribution in [0.2, 0.25) is 0 Å². The largest absolute Gasteiger partial charge is 0.378 e. The fraction of sp³-hybridized carbons (Fsp3) is 0.200. The predicted octanol–water partition coefficient (Wildman–Crippen LogP) is 3.58. The second-order valence-corrected chi connectivity index (χ2v) is 7.42.